The van der Waals surface area contributed by atoms with Gasteiger partial charge in [0.25, 0.3) is 0 Å². The number of nitrogens with two attached hydrogens (primary N) is 1. The molecular weight excluding hydrogens is 231 g/mol. The second kappa shape index (κ2) is 4.24. The van der Waals surface area contributed by atoms with Gasteiger partial charge < -0.3 is 15.6 Å². The molecular formula is C13H17FN4. The SMILES string of the molecule is CC1CCN(c2nc3ccc(F)cc3[nH]2)CC1N. The van der Waals surface area contributed by atoms with Gasteiger partial charge in [0, 0.05) is 19.1 Å². The van der Waals surface area contributed by atoms with Crippen LogP contribution in [0.4, 0.5) is 10.3 Å². The topological polar surface area (TPSA) is 57.9 Å². The number of nitrogens with one attached hydrogen (secondary N) is 1. The quantitative estimate of drug-likeness (QED) is 0.810. The van der Waals surface area contributed by atoms with Gasteiger partial charge in [-0.15, -0.1) is 0 Å². The first-order chi connectivity index (χ1) is 8.63. The summed E-state index contributed by atoms with van der Waals surface area (Å²) < 4.78 is 13.1. The van der Waals surface area contributed by atoms with E-state index in [1.807, 2.05) is 0 Å². The van der Waals surface area contributed by atoms with Crippen LogP contribution >= 0.6 is 0 Å². The monoisotopic (exact) mass is 248 g/mol. The number of aromatic nitrogens is 2. The minimum atomic E-state index is -0.248. The van der Waals surface area contributed by atoms with Crippen LogP contribution in [0, 0.1) is 11.7 Å². The molecule has 0 spiro atoms. The highest BCUT2D eigenvalue weighted by molar-refractivity contribution is 5.77. The number of hydrogen-bond acceptors (Lipinski definition) is 3. The Labute approximate surface area is 105 Å². The molecule has 0 saturated carbocycles. The maximum atomic E-state index is 13.1. The van der Waals surface area contributed by atoms with E-state index in [2.05, 4.69) is 21.8 Å². The second-order valence-corrected chi connectivity index (χ2v) is 5.10. The van der Waals surface area contributed by atoms with Crippen LogP contribution in [0.2, 0.25) is 0 Å². The lowest BCUT2D eigenvalue weighted by atomic mass is 9.95. The second-order valence-electron chi connectivity index (χ2n) is 5.10. The first kappa shape index (κ1) is 11.5. The molecule has 1 saturated heterocycles. The first-order valence-corrected chi connectivity index (χ1v) is 6.29. The molecule has 1 fully saturated rings. The van der Waals surface area contributed by atoms with E-state index in [0.717, 1.165) is 36.5 Å². The van der Waals surface area contributed by atoms with Gasteiger partial charge in [-0.25, -0.2) is 9.37 Å². The molecule has 0 aliphatic carbocycles. The molecule has 2 atom stereocenters. The molecule has 1 aromatic carbocycles. The minimum absolute atomic E-state index is 0.170. The van der Waals surface area contributed by atoms with Crippen molar-refractivity contribution in [1.29, 1.82) is 0 Å². The number of halogens is 1. The molecule has 1 aliphatic rings. The van der Waals surface area contributed by atoms with E-state index in [4.69, 9.17) is 5.73 Å². The maximum Gasteiger partial charge on any atom is 0.203 e. The number of H-pyrrole nitrogens is 1. The Hall–Kier alpha value is -1.62. The fourth-order valence-corrected chi connectivity index (χ4v) is 2.41. The number of aromatic amines is 1. The number of benzene rings is 1. The van der Waals surface area contributed by atoms with E-state index in [9.17, 15) is 4.39 Å². The molecule has 1 aliphatic heterocycles. The van der Waals surface area contributed by atoms with Gasteiger partial charge in [-0.05, 0) is 30.5 Å². The van der Waals surface area contributed by atoms with Gasteiger partial charge in [0.05, 0.1) is 11.0 Å². The van der Waals surface area contributed by atoms with Gasteiger partial charge in [-0.1, -0.05) is 6.92 Å². The number of nitrogens with zero attached hydrogens (tertiary/aromatic N) is 2. The van der Waals surface area contributed by atoms with Crippen LogP contribution in [0.15, 0.2) is 18.2 Å². The third-order valence-corrected chi connectivity index (χ3v) is 3.75. The summed E-state index contributed by atoms with van der Waals surface area (Å²) in [7, 11) is 0. The lowest BCUT2D eigenvalue weighted by Crippen LogP contribution is -2.48. The van der Waals surface area contributed by atoms with E-state index in [-0.39, 0.29) is 11.9 Å². The van der Waals surface area contributed by atoms with Gasteiger partial charge in [-0.3, -0.25) is 0 Å². The van der Waals surface area contributed by atoms with E-state index < -0.39 is 0 Å². The zero-order valence-corrected chi connectivity index (χ0v) is 10.4. The Kier molecular flexibility index (Phi) is 2.70. The molecule has 0 amide bonds. The number of fused-ring (bicyclic) bond motifs is 1. The Bertz CT molecular complexity index is 565. The lowest BCUT2D eigenvalue weighted by molar-refractivity contribution is 0.377. The van der Waals surface area contributed by atoms with Gasteiger partial charge in [0.1, 0.15) is 5.82 Å². The summed E-state index contributed by atoms with van der Waals surface area (Å²) in [5.74, 6) is 1.09. The average Bonchev–Trinajstić information content (AvgIpc) is 2.75. The van der Waals surface area contributed by atoms with Crippen LogP contribution in [-0.4, -0.2) is 29.1 Å². The Morgan fingerprint density at radius 3 is 3.11 bits per heavy atom. The van der Waals surface area contributed by atoms with Crippen molar-refractivity contribution in [2.24, 2.45) is 11.7 Å². The van der Waals surface area contributed by atoms with Crippen LogP contribution in [0.1, 0.15) is 13.3 Å². The minimum Gasteiger partial charge on any atom is -0.341 e. The Morgan fingerprint density at radius 1 is 1.50 bits per heavy atom. The van der Waals surface area contributed by atoms with Crippen molar-refractivity contribution < 1.29 is 4.39 Å². The zero-order chi connectivity index (χ0) is 12.7. The number of piperidine rings is 1. The van der Waals surface area contributed by atoms with Gasteiger partial charge in [0.15, 0.2) is 0 Å². The number of imidazole rings is 1. The van der Waals surface area contributed by atoms with E-state index >= 15 is 0 Å². The fraction of sp³-hybridized carbons (Fsp3) is 0.462. The molecule has 0 radical (unpaired) electrons. The van der Waals surface area contributed by atoms with Crippen molar-refractivity contribution >= 4 is 17.0 Å². The number of rotatable bonds is 1. The fourth-order valence-electron chi connectivity index (χ4n) is 2.41. The molecule has 18 heavy (non-hydrogen) atoms. The Morgan fingerprint density at radius 2 is 2.33 bits per heavy atom. The Balaban J connectivity index is 1.90. The summed E-state index contributed by atoms with van der Waals surface area (Å²) in [6.45, 7) is 3.91. The molecule has 4 nitrogen and oxygen atoms in total. The van der Waals surface area contributed by atoms with Crippen molar-refractivity contribution in [3.8, 4) is 0 Å². The average molecular weight is 248 g/mol. The summed E-state index contributed by atoms with van der Waals surface area (Å²) in [4.78, 5) is 9.79. The smallest absolute Gasteiger partial charge is 0.203 e. The summed E-state index contributed by atoms with van der Waals surface area (Å²) >= 11 is 0. The highest BCUT2D eigenvalue weighted by Crippen LogP contribution is 2.23. The van der Waals surface area contributed by atoms with Crippen molar-refractivity contribution in [3.05, 3.63) is 24.0 Å². The van der Waals surface area contributed by atoms with Crippen molar-refractivity contribution in [3.63, 3.8) is 0 Å². The third-order valence-electron chi connectivity index (χ3n) is 3.75. The van der Waals surface area contributed by atoms with Crippen LogP contribution < -0.4 is 10.6 Å². The van der Waals surface area contributed by atoms with Gasteiger partial charge in [-0.2, -0.15) is 0 Å². The van der Waals surface area contributed by atoms with Crippen LogP contribution in [0.25, 0.3) is 11.0 Å². The van der Waals surface area contributed by atoms with Crippen molar-refractivity contribution in [1.82, 2.24) is 9.97 Å². The first-order valence-electron chi connectivity index (χ1n) is 6.29. The molecule has 2 heterocycles. The molecule has 3 rings (SSSR count). The number of anilines is 1. The van der Waals surface area contributed by atoms with Crippen LogP contribution in [0.3, 0.4) is 0 Å². The highest BCUT2D eigenvalue weighted by Gasteiger charge is 2.24. The number of hydrogen-bond donors (Lipinski definition) is 2. The van der Waals surface area contributed by atoms with Crippen LogP contribution in [0.5, 0.6) is 0 Å². The summed E-state index contributed by atoms with van der Waals surface area (Å²) in [5.41, 5.74) is 7.60. The predicted octanol–water partition coefficient (Wildman–Crippen LogP) is 1.88. The lowest BCUT2D eigenvalue weighted by Gasteiger charge is -2.34. The van der Waals surface area contributed by atoms with E-state index in [1.165, 1.54) is 12.1 Å². The van der Waals surface area contributed by atoms with Gasteiger partial charge in [0.2, 0.25) is 5.95 Å². The molecule has 2 aromatic rings. The highest BCUT2D eigenvalue weighted by atomic mass is 19.1. The maximum absolute atomic E-state index is 13.1. The molecule has 2 unspecified atom stereocenters. The van der Waals surface area contributed by atoms with Crippen molar-refractivity contribution in [2.75, 3.05) is 18.0 Å². The van der Waals surface area contributed by atoms with Gasteiger partial charge >= 0.3 is 0 Å². The van der Waals surface area contributed by atoms with Crippen molar-refractivity contribution in [2.45, 2.75) is 19.4 Å². The summed E-state index contributed by atoms with van der Waals surface area (Å²) in [5, 5.41) is 0. The molecule has 5 heteroatoms. The molecule has 3 N–H and O–H groups in total. The van der Waals surface area contributed by atoms with E-state index in [0.29, 0.717) is 5.92 Å². The zero-order valence-electron chi connectivity index (χ0n) is 10.4. The normalized spacial score (nSPS) is 24.7. The predicted molar refractivity (Wildman–Crippen MR) is 70.0 cm³/mol. The molecule has 0 bridgehead atoms. The summed E-state index contributed by atoms with van der Waals surface area (Å²) in [6.07, 6.45) is 1.06. The molecule has 96 valence electrons. The summed E-state index contributed by atoms with van der Waals surface area (Å²) in [6, 6.07) is 4.76. The largest absolute Gasteiger partial charge is 0.341 e. The third kappa shape index (κ3) is 1.95. The van der Waals surface area contributed by atoms with E-state index in [1.54, 1.807) is 6.07 Å². The standard InChI is InChI=1S/C13H17FN4/c1-8-4-5-18(7-10(8)15)13-16-11-3-2-9(14)6-12(11)17-13/h2-3,6,8,10H,4-5,7,15H2,1H3,(H,16,17). The van der Waals surface area contributed by atoms with Crippen LogP contribution in [-0.2, 0) is 0 Å². The molecule has 1 aromatic heterocycles.